The minimum absolute atomic E-state index is 0. The van der Waals surface area contributed by atoms with E-state index in [1.807, 2.05) is 0 Å². The van der Waals surface area contributed by atoms with Crippen molar-refractivity contribution in [3.8, 4) is 0 Å². The van der Waals surface area contributed by atoms with Crippen LogP contribution in [0.4, 0.5) is 5.69 Å². The third-order valence-electron chi connectivity index (χ3n) is 4.78. The number of nitrogens with zero attached hydrogens (tertiary/aromatic N) is 5. The van der Waals surface area contributed by atoms with Crippen LogP contribution in [0.15, 0.2) is 29.3 Å². The predicted molar refractivity (Wildman–Crippen MR) is 111 cm³/mol. The minimum atomic E-state index is 0. The maximum absolute atomic E-state index is 4.85. The third kappa shape index (κ3) is 3.65. The summed E-state index contributed by atoms with van der Waals surface area (Å²) in [4.78, 5) is 7.14. The molecule has 0 unspecified atom stereocenters. The van der Waals surface area contributed by atoms with Gasteiger partial charge in [0.05, 0.1) is 0 Å². The Hall–Kier alpha value is -1.64. The molecule has 25 heavy (non-hydrogen) atoms. The van der Waals surface area contributed by atoms with E-state index in [1.54, 1.807) is 0 Å². The van der Waals surface area contributed by atoms with Gasteiger partial charge in [-0.05, 0) is 37.8 Å². The molecule has 6 nitrogen and oxygen atoms in total. The maximum atomic E-state index is 4.85. The number of aromatic nitrogens is 3. The largest absolute Gasteiger partial charge is 0.356 e. The first-order valence-corrected chi connectivity index (χ1v) is 8.91. The molecular formula is C18H25IN6. The van der Waals surface area contributed by atoms with Crippen molar-refractivity contribution in [1.29, 1.82) is 0 Å². The van der Waals surface area contributed by atoms with E-state index in [-0.39, 0.29) is 24.0 Å². The smallest absolute Gasteiger partial charge is 0.198 e. The van der Waals surface area contributed by atoms with Crippen molar-refractivity contribution < 1.29 is 0 Å². The molecule has 7 heteroatoms. The van der Waals surface area contributed by atoms with Gasteiger partial charge in [0.1, 0.15) is 12.4 Å². The van der Waals surface area contributed by atoms with Gasteiger partial charge in [-0.25, -0.2) is 4.99 Å². The first kappa shape index (κ1) is 18.2. The Labute approximate surface area is 165 Å². The first-order chi connectivity index (χ1) is 11.9. The Morgan fingerprint density at radius 1 is 1.16 bits per heavy atom. The first-order valence-electron chi connectivity index (χ1n) is 8.91. The molecule has 2 aromatic rings. The molecule has 0 saturated heterocycles. The fraction of sp³-hybridized carbons (Fsp3) is 0.500. The molecule has 2 aliphatic heterocycles. The molecule has 134 valence electrons. The summed E-state index contributed by atoms with van der Waals surface area (Å²) in [5, 5.41) is 12.1. The molecular weight excluding hydrogens is 427 g/mol. The number of halogens is 1. The molecule has 1 aromatic heterocycles. The molecule has 0 atom stereocenters. The fourth-order valence-electron chi connectivity index (χ4n) is 3.58. The van der Waals surface area contributed by atoms with Gasteiger partial charge in [0, 0.05) is 31.7 Å². The van der Waals surface area contributed by atoms with E-state index in [9.17, 15) is 0 Å². The Bertz CT molecular complexity index is 754. The van der Waals surface area contributed by atoms with Crippen LogP contribution >= 0.6 is 24.0 Å². The quantitative estimate of drug-likeness (QED) is 0.442. The summed E-state index contributed by atoms with van der Waals surface area (Å²) in [6.45, 7) is 5.54. The monoisotopic (exact) mass is 452 g/mol. The number of hydrogen-bond donors (Lipinski definition) is 1. The number of fused-ring (bicyclic) bond motifs is 2. The summed E-state index contributed by atoms with van der Waals surface area (Å²) in [6.07, 6.45) is 4.53. The van der Waals surface area contributed by atoms with Gasteiger partial charge in [-0.15, -0.1) is 34.2 Å². The highest BCUT2D eigenvalue weighted by atomic mass is 127. The number of hydrogen-bond acceptors (Lipinski definition) is 3. The average Bonchev–Trinajstić information content (AvgIpc) is 3.23. The summed E-state index contributed by atoms with van der Waals surface area (Å²) in [7, 11) is 0. The Balaban J connectivity index is 0.00000182. The standard InChI is InChI=1S/C18H24N6.HI/c1-2-19-18(23-12-10-14-7-3-4-8-15(14)23)20-13-17-22-21-16-9-5-6-11-24(16)17;/h3-4,7-8H,2,5-6,9-13H2,1H3,(H,19,20);1H. The van der Waals surface area contributed by atoms with Gasteiger partial charge < -0.3 is 14.8 Å². The molecule has 0 bridgehead atoms. The van der Waals surface area contributed by atoms with Crippen molar-refractivity contribution >= 4 is 35.6 Å². The molecule has 3 heterocycles. The summed E-state index contributed by atoms with van der Waals surface area (Å²) >= 11 is 0. The second-order valence-electron chi connectivity index (χ2n) is 6.34. The molecule has 1 N–H and O–H groups in total. The molecule has 0 radical (unpaired) electrons. The summed E-state index contributed by atoms with van der Waals surface area (Å²) in [5.41, 5.74) is 2.66. The van der Waals surface area contributed by atoms with Crippen molar-refractivity contribution in [2.24, 2.45) is 4.99 Å². The number of anilines is 1. The van der Waals surface area contributed by atoms with Crippen LogP contribution in [0, 0.1) is 0 Å². The lowest BCUT2D eigenvalue weighted by atomic mass is 10.2. The van der Waals surface area contributed by atoms with Crippen LogP contribution in [0.2, 0.25) is 0 Å². The molecule has 1 aromatic carbocycles. The summed E-state index contributed by atoms with van der Waals surface area (Å²) in [5.74, 6) is 3.03. The number of rotatable bonds is 3. The number of nitrogens with one attached hydrogen (secondary N) is 1. The molecule has 0 amide bonds. The zero-order chi connectivity index (χ0) is 16.4. The van der Waals surface area contributed by atoms with Crippen LogP contribution in [0.5, 0.6) is 0 Å². The van der Waals surface area contributed by atoms with Crippen LogP contribution in [0.1, 0.15) is 37.0 Å². The lowest BCUT2D eigenvalue weighted by Crippen LogP contribution is -2.40. The number of guanidine groups is 1. The normalized spacial score (nSPS) is 16.2. The van der Waals surface area contributed by atoms with Crippen molar-refractivity contribution in [3.63, 3.8) is 0 Å². The van der Waals surface area contributed by atoms with Crippen LogP contribution in [-0.2, 0) is 25.9 Å². The van der Waals surface area contributed by atoms with E-state index in [0.717, 1.165) is 50.1 Å². The van der Waals surface area contributed by atoms with Gasteiger partial charge in [-0.1, -0.05) is 18.2 Å². The van der Waals surface area contributed by atoms with Crippen LogP contribution < -0.4 is 10.2 Å². The zero-order valence-corrected chi connectivity index (χ0v) is 16.9. The van der Waals surface area contributed by atoms with Crippen LogP contribution in [0.3, 0.4) is 0 Å². The molecule has 4 rings (SSSR count). The zero-order valence-electron chi connectivity index (χ0n) is 14.6. The van der Waals surface area contributed by atoms with Crippen molar-refractivity contribution in [3.05, 3.63) is 41.5 Å². The van der Waals surface area contributed by atoms with Crippen molar-refractivity contribution in [1.82, 2.24) is 20.1 Å². The second-order valence-corrected chi connectivity index (χ2v) is 6.34. The van der Waals surface area contributed by atoms with E-state index in [2.05, 4.69) is 56.2 Å². The SMILES string of the molecule is CCNC(=NCc1nnc2n1CCCC2)N1CCc2ccccc21.I. The van der Waals surface area contributed by atoms with Crippen LogP contribution in [0.25, 0.3) is 0 Å². The Morgan fingerprint density at radius 3 is 2.92 bits per heavy atom. The van der Waals surface area contributed by atoms with Gasteiger partial charge >= 0.3 is 0 Å². The summed E-state index contributed by atoms with van der Waals surface area (Å²) < 4.78 is 2.24. The highest BCUT2D eigenvalue weighted by molar-refractivity contribution is 14.0. The van der Waals surface area contributed by atoms with E-state index in [4.69, 9.17) is 4.99 Å². The number of aryl methyl sites for hydroxylation is 1. The van der Waals surface area contributed by atoms with E-state index in [1.165, 1.54) is 24.1 Å². The van der Waals surface area contributed by atoms with Gasteiger partial charge in [0.2, 0.25) is 0 Å². The fourth-order valence-corrected chi connectivity index (χ4v) is 3.58. The molecule has 0 saturated carbocycles. The second kappa shape index (κ2) is 8.16. The average molecular weight is 452 g/mol. The van der Waals surface area contributed by atoms with Crippen molar-refractivity contribution in [2.45, 2.75) is 45.7 Å². The molecule has 0 spiro atoms. The lowest BCUT2D eigenvalue weighted by molar-refractivity contribution is 0.508. The van der Waals surface area contributed by atoms with Gasteiger partial charge in [-0.2, -0.15) is 0 Å². The number of benzene rings is 1. The predicted octanol–water partition coefficient (Wildman–Crippen LogP) is 2.76. The molecule has 0 fully saturated rings. The third-order valence-corrected chi connectivity index (χ3v) is 4.78. The van der Waals surface area contributed by atoms with Crippen molar-refractivity contribution in [2.75, 3.05) is 18.0 Å². The highest BCUT2D eigenvalue weighted by Crippen LogP contribution is 2.27. The lowest BCUT2D eigenvalue weighted by Gasteiger charge is -2.22. The summed E-state index contributed by atoms with van der Waals surface area (Å²) in [6, 6.07) is 8.58. The van der Waals surface area contributed by atoms with Crippen LogP contribution in [-0.4, -0.2) is 33.8 Å². The number of aliphatic imine (C=N–C) groups is 1. The van der Waals surface area contributed by atoms with E-state index in [0.29, 0.717) is 6.54 Å². The van der Waals surface area contributed by atoms with E-state index < -0.39 is 0 Å². The van der Waals surface area contributed by atoms with Gasteiger partial charge in [0.15, 0.2) is 11.8 Å². The molecule has 0 aliphatic carbocycles. The van der Waals surface area contributed by atoms with Gasteiger partial charge in [-0.3, -0.25) is 0 Å². The topological polar surface area (TPSA) is 58.3 Å². The Morgan fingerprint density at radius 2 is 2.04 bits per heavy atom. The minimum Gasteiger partial charge on any atom is -0.356 e. The highest BCUT2D eigenvalue weighted by Gasteiger charge is 2.23. The maximum Gasteiger partial charge on any atom is 0.198 e. The number of para-hydroxylation sites is 1. The van der Waals surface area contributed by atoms with Gasteiger partial charge in [0.25, 0.3) is 0 Å². The van der Waals surface area contributed by atoms with E-state index >= 15 is 0 Å². The Kier molecular flexibility index (Phi) is 5.93. The molecule has 2 aliphatic rings.